The highest BCUT2D eigenvalue weighted by Gasteiger charge is 2.59. The highest BCUT2D eigenvalue weighted by atomic mass is 19.3. The van der Waals surface area contributed by atoms with E-state index in [0.717, 1.165) is 55.3 Å². The monoisotopic (exact) mass is 452 g/mol. The van der Waals surface area contributed by atoms with Gasteiger partial charge in [0, 0.05) is 12.8 Å². The summed E-state index contributed by atoms with van der Waals surface area (Å²) in [4.78, 5) is 0. The van der Waals surface area contributed by atoms with Crippen LogP contribution in [-0.2, 0) is 0 Å². The summed E-state index contributed by atoms with van der Waals surface area (Å²) in [5.74, 6) is 1.43. The zero-order valence-corrected chi connectivity index (χ0v) is 20.4. The van der Waals surface area contributed by atoms with E-state index in [1.54, 1.807) is 0 Å². The zero-order chi connectivity index (χ0) is 22.8. The number of rotatable bonds is 4. The number of aliphatic hydroxyl groups is 2. The third-order valence-electron chi connectivity index (χ3n) is 11.9. The Morgan fingerprint density at radius 3 is 2.22 bits per heavy atom. The molecule has 5 fully saturated rings. The molecule has 0 amide bonds. The Hall–Kier alpha value is -0.220. The summed E-state index contributed by atoms with van der Waals surface area (Å²) in [5.41, 5.74) is 0.0193. The van der Waals surface area contributed by atoms with Gasteiger partial charge >= 0.3 is 0 Å². The van der Waals surface area contributed by atoms with Gasteiger partial charge in [0.1, 0.15) is 0 Å². The minimum absolute atomic E-state index is 0.0699. The lowest BCUT2D eigenvalue weighted by Gasteiger charge is -2.61. The Labute approximate surface area is 193 Å². The molecule has 2 N–H and O–H groups in total. The lowest BCUT2D eigenvalue weighted by Crippen LogP contribution is -2.53. The first-order valence-electron chi connectivity index (χ1n) is 13.8. The first-order chi connectivity index (χ1) is 15.0. The second kappa shape index (κ2) is 8.18. The quantitative estimate of drug-likeness (QED) is 0.477. The van der Waals surface area contributed by atoms with Gasteiger partial charge in [0.15, 0.2) is 0 Å². The molecule has 32 heavy (non-hydrogen) atoms. The maximum Gasteiger partial charge on any atom is 0.248 e. The topological polar surface area (TPSA) is 40.5 Å². The van der Waals surface area contributed by atoms with Gasteiger partial charge in [-0.15, -0.1) is 0 Å². The molecule has 6 unspecified atom stereocenters. The van der Waals surface area contributed by atoms with Crippen LogP contribution in [0.25, 0.3) is 0 Å². The Balaban J connectivity index is 1.20. The standard InChI is InChI=1S/C28H46F2O2/c1-25-13-10-24-22(7-5-20-18-21(31)9-12-26(20,24)2)23(25)8-6-19(25)4-3-11-27(32)14-16-28(29,30)17-15-27/h19-24,31-32H,3-18H2,1-2H3/t19-,20?,21?,22-,23?,24?,25?,26?/m0/s1. The number of hydrogen-bond donors (Lipinski definition) is 2. The van der Waals surface area contributed by atoms with Crippen molar-refractivity contribution >= 4 is 0 Å². The van der Waals surface area contributed by atoms with Crippen molar-refractivity contribution in [2.75, 3.05) is 0 Å². The van der Waals surface area contributed by atoms with Gasteiger partial charge in [0.2, 0.25) is 5.92 Å². The average molecular weight is 453 g/mol. The van der Waals surface area contributed by atoms with Gasteiger partial charge in [0.25, 0.3) is 0 Å². The molecule has 0 heterocycles. The normalized spacial score (nSPS) is 49.7. The molecule has 0 saturated heterocycles. The Kier molecular flexibility index (Phi) is 6.01. The Morgan fingerprint density at radius 2 is 1.47 bits per heavy atom. The molecule has 184 valence electrons. The summed E-state index contributed by atoms with van der Waals surface area (Å²) < 4.78 is 27.0. The lowest BCUT2D eigenvalue weighted by molar-refractivity contribution is -0.127. The number of halogens is 2. The van der Waals surface area contributed by atoms with Crippen LogP contribution in [0.3, 0.4) is 0 Å². The Morgan fingerprint density at radius 1 is 0.781 bits per heavy atom. The molecular formula is C28H46F2O2. The van der Waals surface area contributed by atoms with E-state index in [4.69, 9.17) is 0 Å². The van der Waals surface area contributed by atoms with Crippen molar-refractivity contribution in [2.24, 2.45) is 40.4 Å². The second-order valence-electron chi connectivity index (χ2n) is 13.4. The number of hydrogen-bond acceptors (Lipinski definition) is 2. The molecule has 5 rings (SSSR count). The van der Waals surface area contributed by atoms with E-state index < -0.39 is 11.5 Å². The fraction of sp³-hybridized carbons (Fsp3) is 1.00. The summed E-state index contributed by atoms with van der Waals surface area (Å²) in [6.45, 7) is 5.13. The van der Waals surface area contributed by atoms with Crippen LogP contribution in [0, 0.1) is 40.4 Å². The molecule has 0 aromatic heterocycles. The Bertz CT molecular complexity index is 685. The first kappa shape index (κ1) is 23.5. The summed E-state index contributed by atoms with van der Waals surface area (Å²) in [6.07, 6.45) is 14.3. The predicted octanol–water partition coefficient (Wildman–Crippen LogP) is 7.12. The van der Waals surface area contributed by atoms with Crippen LogP contribution in [0.2, 0.25) is 0 Å². The third kappa shape index (κ3) is 3.97. The second-order valence-corrected chi connectivity index (χ2v) is 13.4. The van der Waals surface area contributed by atoms with Crippen molar-refractivity contribution in [3.63, 3.8) is 0 Å². The molecule has 2 nitrogen and oxygen atoms in total. The van der Waals surface area contributed by atoms with Gasteiger partial charge in [0.05, 0.1) is 11.7 Å². The predicted molar refractivity (Wildman–Crippen MR) is 123 cm³/mol. The average Bonchev–Trinajstić information content (AvgIpc) is 3.08. The molecule has 5 saturated carbocycles. The van der Waals surface area contributed by atoms with Crippen LogP contribution >= 0.6 is 0 Å². The summed E-state index contributed by atoms with van der Waals surface area (Å²) in [7, 11) is 0. The van der Waals surface area contributed by atoms with Crippen LogP contribution in [0.15, 0.2) is 0 Å². The zero-order valence-electron chi connectivity index (χ0n) is 20.4. The first-order valence-corrected chi connectivity index (χ1v) is 13.8. The van der Waals surface area contributed by atoms with E-state index in [1.165, 1.54) is 44.9 Å². The minimum Gasteiger partial charge on any atom is -0.393 e. The van der Waals surface area contributed by atoms with Crippen molar-refractivity contribution in [3.8, 4) is 0 Å². The van der Waals surface area contributed by atoms with Crippen LogP contribution in [0.1, 0.15) is 117 Å². The van der Waals surface area contributed by atoms with Crippen molar-refractivity contribution in [3.05, 3.63) is 0 Å². The molecule has 5 aliphatic carbocycles. The summed E-state index contributed by atoms with van der Waals surface area (Å²) in [6, 6.07) is 0. The molecule has 5 aliphatic rings. The molecular weight excluding hydrogens is 406 g/mol. The lowest BCUT2D eigenvalue weighted by atomic mass is 9.44. The molecule has 8 atom stereocenters. The third-order valence-corrected chi connectivity index (χ3v) is 11.9. The summed E-state index contributed by atoms with van der Waals surface area (Å²) in [5, 5.41) is 21.1. The van der Waals surface area contributed by atoms with Gasteiger partial charge < -0.3 is 10.2 Å². The van der Waals surface area contributed by atoms with Crippen LogP contribution < -0.4 is 0 Å². The van der Waals surface area contributed by atoms with Gasteiger partial charge in [-0.3, -0.25) is 0 Å². The van der Waals surface area contributed by atoms with Crippen LogP contribution in [-0.4, -0.2) is 27.8 Å². The van der Waals surface area contributed by atoms with Crippen molar-refractivity contribution < 1.29 is 19.0 Å². The van der Waals surface area contributed by atoms with E-state index in [2.05, 4.69) is 13.8 Å². The SMILES string of the molecule is CC12CCC(O)CC1CC[C@@H]1C2CCC2(C)C1CC[C@@H]2CCCC1(O)CCC(F)(F)CC1. The molecule has 0 aromatic carbocycles. The van der Waals surface area contributed by atoms with Crippen LogP contribution in [0.5, 0.6) is 0 Å². The van der Waals surface area contributed by atoms with Gasteiger partial charge in [-0.25, -0.2) is 8.78 Å². The fourth-order valence-electron chi connectivity index (χ4n) is 9.83. The highest BCUT2D eigenvalue weighted by molar-refractivity contribution is 5.09. The molecule has 0 spiro atoms. The fourth-order valence-corrected chi connectivity index (χ4v) is 9.83. The van der Waals surface area contributed by atoms with Crippen LogP contribution in [0.4, 0.5) is 8.78 Å². The largest absolute Gasteiger partial charge is 0.393 e. The van der Waals surface area contributed by atoms with E-state index in [1.807, 2.05) is 0 Å². The molecule has 0 aromatic rings. The van der Waals surface area contributed by atoms with Gasteiger partial charge in [-0.1, -0.05) is 20.3 Å². The number of fused-ring (bicyclic) bond motifs is 5. The molecule has 0 radical (unpaired) electrons. The van der Waals surface area contributed by atoms with E-state index >= 15 is 0 Å². The summed E-state index contributed by atoms with van der Waals surface area (Å²) >= 11 is 0. The van der Waals surface area contributed by atoms with E-state index in [-0.39, 0.29) is 31.8 Å². The van der Waals surface area contributed by atoms with E-state index in [9.17, 15) is 19.0 Å². The minimum atomic E-state index is -2.57. The maximum absolute atomic E-state index is 13.5. The maximum atomic E-state index is 13.5. The van der Waals surface area contributed by atoms with Crippen molar-refractivity contribution in [1.82, 2.24) is 0 Å². The molecule has 0 aliphatic heterocycles. The number of alkyl halides is 2. The molecule has 4 heteroatoms. The highest BCUT2D eigenvalue weighted by Crippen LogP contribution is 2.68. The van der Waals surface area contributed by atoms with Crippen molar-refractivity contribution in [1.29, 1.82) is 0 Å². The smallest absolute Gasteiger partial charge is 0.248 e. The number of aliphatic hydroxyl groups excluding tert-OH is 1. The van der Waals surface area contributed by atoms with Gasteiger partial charge in [-0.05, 0) is 124 Å². The van der Waals surface area contributed by atoms with Gasteiger partial charge in [-0.2, -0.15) is 0 Å². The molecule has 0 bridgehead atoms. The van der Waals surface area contributed by atoms with E-state index in [0.29, 0.717) is 17.3 Å². The van der Waals surface area contributed by atoms with Crippen molar-refractivity contribution in [2.45, 2.75) is 134 Å².